The van der Waals surface area contributed by atoms with Gasteiger partial charge in [-0.05, 0) is 26.8 Å². The Morgan fingerprint density at radius 2 is 2.09 bits per heavy atom. The summed E-state index contributed by atoms with van der Waals surface area (Å²) in [6.07, 6.45) is 3.21. The Bertz CT molecular complexity index is 953. The van der Waals surface area contributed by atoms with Crippen molar-refractivity contribution in [1.29, 1.82) is 0 Å². The normalized spacial score (nSPS) is 11.5. The summed E-state index contributed by atoms with van der Waals surface area (Å²) in [7, 11) is 1.31. The molecule has 3 aromatic rings. The monoisotopic (exact) mass is 300 g/mol. The van der Waals surface area contributed by atoms with Crippen molar-refractivity contribution in [2.45, 2.75) is 26.8 Å². The molecule has 3 rings (SSSR count). The third kappa shape index (κ3) is 1.89. The van der Waals surface area contributed by atoms with E-state index in [1.54, 1.807) is 23.8 Å². The highest BCUT2D eigenvalue weighted by Crippen LogP contribution is 2.19. The van der Waals surface area contributed by atoms with E-state index in [1.807, 2.05) is 13.8 Å². The molecule has 0 saturated heterocycles. The number of carbonyl (C=O) groups excluding carboxylic acids is 1. The maximum atomic E-state index is 12.5. The van der Waals surface area contributed by atoms with Gasteiger partial charge in [-0.15, -0.1) is 0 Å². The highest BCUT2D eigenvalue weighted by atomic mass is 16.5. The van der Waals surface area contributed by atoms with Crippen LogP contribution in [0, 0.1) is 6.92 Å². The molecule has 0 spiro atoms. The molecule has 0 atom stereocenters. The number of carbonyl (C=O) groups is 1. The molecule has 3 aromatic heterocycles. The number of hydrogen-bond acceptors (Lipinski definition) is 5. The van der Waals surface area contributed by atoms with Gasteiger partial charge < -0.3 is 9.30 Å². The molecule has 0 aliphatic carbocycles. The fourth-order valence-corrected chi connectivity index (χ4v) is 2.54. The molecule has 0 fully saturated rings. The molecule has 7 nitrogen and oxygen atoms in total. The first-order chi connectivity index (χ1) is 10.5. The molecule has 22 heavy (non-hydrogen) atoms. The van der Waals surface area contributed by atoms with Gasteiger partial charge in [0, 0.05) is 18.4 Å². The van der Waals surface area contributed by atoms with E-state index in [4.69, 9.17) is 4.74 Å². The predicted molar refractivity (Wildman–Crippen MR) is 81.2 cm³/mol. The summed E-state index contributed by atoms with van der Waals surface area (Å²) in [5.41, 5.74) is 1.70. The Morgan fingerprint density at radius 1 is 1.36 bits per heavy atom. The number of hydrogen-bond donors (Lipinski definition) is 0. The molecule has 0 unspecified atom stereocenters. The second-order valence-corrected chi connectivity index (χ2v) is 5.37. The maximum absolute atomic E-state index is 12.5. The molecule has 0 amide bonds. The molecule has 0 aromatic carbocycles. The first-order valence-corrected chi connectivity index (χ1v) is 6.93. The molecule has 3 heterocycles. The Kier molecular flexibility index (Phi) is 3.20. The van der Waals surface area contributed by atoms with Gasteiger partial charge in [-0.3, -0.25) is 4.79 Å². The summed E-state index contributed by atoms with van der Waals surface area (Å²) in [4.78, 5) is 28.6. The molecule has 0 aliphatic rings. The number of pyridine rings is 1. The van der Waals surface area contributed by atoms with Crippen molar-refractivity contribution in [1.82, 2.24) is 19.2 Å². The van der Waals surface area contributed by atoms with Crippen LogP contribution < -0.4 is 5.56 Å². The van der Waals surface area contributed by atoms with Crippen LogP contribution in [0.3, 0.4) is 0 Å². The quantitative estimate of drug-likeness (QED) is 0.673. The molecule has 0 saturated carbocycles. The largest absolute Gasteiger partial charge is 0.465 e. The highest BCUT2D eigenvalue weighted by Gasteiger charge is 2.20. The van der Waals surface area contributed by atoms with E-state index < -0.39 is 5.97 Å². The smallest absolute Gasteiger partial charge is 0.343 e. The number of rotatable bonds is 2. The molecular weight excluding hydrogens is 284 g/mol. The lowest BCUT2D eigenvalue weighted by Crippen LogP contribution is -2.22. The van der Waals surface area contributed by atoms with Crippen molar-refractivity contribution in [3.63, 3.8) is 0 Å². The third-order valence-corrected chi connectivity index (χ3v) is 3.66. The summed E-state index contributed by atoms with van der Waals surface area (Å²) >= 11 is 0. The van der Waals surface area contributed by atoms with Crippen LogP contribution in [0.4, 0.5) is 0 Å². The van der Waals surface area contributed by atoms with Crippen LogP contribution in [0.2, 0.25) is 0 Å². The van der Waals surface area contributed by atoms with E-state index >= 15 is 0 Å². The summed E-state index contributed by atoms with van der Waals surface area (Å²) in [5, 5.41) is 4.79. The Hall–Kier alpha value is -2.70. The van der Waals surface area contributed by atoms with Crippen molar-refractivity contribution in [2.75, 3.05) is 7.11 Å². The number of aryl methyl sites for hydroxylation is 1. The molecule has 114 valence electrons. The maximum Gasteiger partial charge on any atom is 0.343 e. The van der Waals surface area contributed by atoms with E-state index in [1.165, 1.54) is 17.8 Å². The van der Waals surface area contributed by atoms with Crippen molar-refractivity contribution >= 4 is 22.5 Å². The van der Waals surface area contributed by atoms with Crippen molar-refractivity contribution in [2.24, 2.45) is 0 Å². The summed E-state index contributed by atoms with van der Waals surface area (Å²) in [5.74, 6) is -0.491. The summed E-state index contributed by atoms with van der Waals surface area (Å²) in [6, 6.07) is 1.86. The average Bonchev–Trinajstić information content (AvgIpc) is 2.82. The second kappa shape index (κ2) is 4.94. The van der Waals surface area contributed by atoms with Gasteiger partial charge in [0.25, 0.3) is 5.56 Å². The SMILES string of the molecule is COC(=O)c1c(C)nn2c1ncc1c(=O)n(C(C)C)ccc12. The van der Waals surface area contributed by atoms with Crippen LogP contribution in [0.25, 0.3) is 16.6 Å². The number of fused-ring (bicyclic) bond motifs is 3. The van der Waals surface area contributed by atoms with Gasteiger partial charge in [-0.1, -0.05) is 0 Å². The number of methoxy groups -OCH3 is 1. The van der Waals surface area contributed by atoms with E-state index in [-0.39, 0.29) is 11.6 Å². The van der Waals surface area contributed by atoms with E-state index in [9.17, 15) is 9.59 Å². The van der Waals surface area contributed by atoms with Gasteiger partial charge in [-0.25, -0.2) is 14.3 Å². The lowest BCUT2D eigenvalue weighted by molar-refractivity contribution is 0.0602. The minimum Gasteiger partial charge on any atom is -0.465 e. The molecule has 7 heteroatoms. The standard InChI is InChI=1S/C15H16N4O3/c1-8(2)18-6-5-11-10(14(18)20)7-16-13-12(15(21)22-4)9(3)17-19(11)13/h5-8H,1-4H3. The van der Waals surface area contributed by atoms with Crippen LogP contribution in [0.1, 0.15) is 35.9 Å². The lowest BCUT2D eigenvalue weighted by Gasteiger charge is -2.10. The van der Waals surface area contributed by atoms with Crippen molar-refractivity contribution in [3.05, 3.63) is 40.1 Å². The molecule has 0 N–H and O–H groups in total. The zero-order valence-electron chi connectivity index (χ0n) is 12.8. The topological polar surface area (TPSA) is 78.5 Å². The Labute approximate surface area is 126 Å². The third-order valence-electron chi connectivity index (χ3n) is 3.66. The van der Waals surface area contributed by atoms with E-state index in [0.717, 1.165) is 0 Å². The van der Waals surface area contributed by atoms with Crippen molar-refractivity contribution in [3.8, 4) is 0 Å². The second-order valence-electron chi connectivity index (χ2n) is 5.37. The van der Waals surface area contributed by atoms with Gasteiger partial charge >= 0.3 is 5.97 Å². The first kappa shape index (κ1) is 14.2. The first-order valence-electron chi connectivity index (χ1n) is 6.93. The summed E-state index contributed by atoms with van der Waals surface area (Å²) < 4.78 is 7.92. The van der Waals surface area contributed by atoms with Crippen LogP contribution in [-0.2, 0) is 4.74 Å². The predicted octanol–water partition coefficient (Wildman–Crippen LogP) is 1.72. The number of ether oxygens (including phenoxy) is 1. The van der Waals surface area contributed by atoms with Crippen LogP contribution in [0.5, 0.6) is 0 Å². The van der Waals surface area contributed by atoms with Crippen LogP contribution >= 0.6 is 0 Å². The van der Waals surface area contributed by atoms with Gasteiger partial charge in [0.1, 0.15) is 5.56 Å². The van der Waals surface area contributed by atoms with Gasteiger partial charge in [0.2, 0.25) is 0 Å². The fraction of sp³-hybridized carbons (Fsp3) is 0.333. The number of aromatic nitrogens is 4. The van der Waals surface area contributed by atoms with Gasteiger partial charge in [0.05, 0.1) is 23.7 Å². The molecule has 0 radical (unpaired) electrons. The van der Waals surface area contributed by atoms with E-state index in [2.05, 4.69) is 10.1 Å². The molecular formula is C15H16N4O3. The van der Waals surface area contributed by atoms with Gasteiger partial charge in [-0.2, -0.15) is 5.10 Å². The van der Waals surface area contributed by atoms with E-state index in [0.29, 0.717) is 27.8 Å². The fourth-order valence-electron chi connectivity index (χ4n) is 2.54. The Balaban J connectivity index is 2.41. The van der Waals surface area contributed by atoms with Crippen LogP contribution in [0.15, 0.2) is 23.3 Å². The molecule has 0 bridgehead atoms. The summed E-state index contributed by atoms with van der Waals surface area (Å²) in [6.45, 7) is 5.58. The zero-order valence-corrected chi connectivity index (χ0v) is 12.8. The lowest BCUT2D eigenvalue weighted by atomic mass is 10.2. The number of esters is 1. The van der Waals surface area contributed by atoms with Crippen LogP contribution in [-0.4, -0.2) is 32.2 Å². The highest BCUT2D eigenvalue weighted by molar-refractivity contribution is 5.98. The average molecular weight is 300 g/mol. The Morgan fingerprint density at radius 3 is 2.73 bits per heavy atom. The minimum atomic E-state index is -0.491. The number of nitrogens with zero attached hydrogens (tertiary/aromatic N) is 4. The van der Waals surface area contributed by atoms with Crippen molar-refractivity contribution < 1.29 is 9.53 Å². The van der Waals surface area contributed by atoms with Gasteiger partial charge in [0.15, 0.2) is 5.65 Å². The minimum absolute atomic E-state index is 0.0533. The zero-order chi connectivity index (χ0) is 16.0. The molecule has 0 aliphatic heterocycles.